The van der Waals surface area contributed by atoms with Crippen LogP contribution in [0, 0.1) is 0 Å². The van der Waals surface area contributed by atoms with E-state index in [1.807, 2.05) is 36.4 Å². The van der Waals surface area contributed by atoms with Crippen molar-refractivity contribution < 1.29 is 14.3 Å². The molecule has 0 aromatic heterocycles. The Morgan fingerprint density at radius 2 is 1.87 bits per heavy atom. The van der Waals surface area contributed by atoms with E-state index in [-0.39, 0.29) is 5.91 Å². The fraction of sp³-hybridized carbons (Fsp3) is 0.278. The molecule has 2 aromatic carbocycles. The van der Waals surface area contributed by atoms with Crippen LogP contribution in [0.4, 0.5) is 0 Å². The Bertz CT molecular complexity index is 660. The highest BCUT2D eigenvalue weighted by atomic mass is 35.5. The maximum absolute atomic E-state index is 12.2. The predicted octanol–water partition coefficient (Wildman–Crippen LogP) is 3.43. The Hall–Kier alpha value is -2.20. The smallest absolute Gasteiger partial charge is 0.226 e. The predicted molar refractivity (Wildman–Crippen MR) is 91.3 cm³/mol. The normalized spacial score (nSPS) is 10.2. The lowest BCUT2D eigenvalue weighted by atomic mass is 10.1. The average Bonchev–Trinajstić information content (AvgIpc) is 2.55. The molecular weight excluding hydrogens is 314 g/mol. The zero-order chi connectivity index (χ0) is 16.7. The van der Waals surface area contributed by atoms with E-state index in [1.165, 1.54) is 0 Å². The lowest BCUT2D eigenvalue weighted by Crippen LogP contribution is -2.32. The summed E-state index contributed by atoms with van der Waals surface area (Å²) in [5.74, 6) is 1.49. The van der Waals surface area contributed by atoms with Crippen molar-refractivity contribution in [1.29, 1.82) is 0 Å². The molecule has 0 N–H and O–H groups in total. The lowest BCUT2D eigenvalue weighted by Gasteiger charge is -2.18. The standard InChI is InChI=1S/C18H20ClNO3/c1-20(9-10-23-17-8-4-6-15(19)13-17)18(21)12-14-5-3-7-16(11-14)22-2/h3-8,11,13H,9-10,12H2,1-2H3. The summed E-state index contributed by atoms with van der Waals surface area (Å²) in [4.78, 5) is 13.9. The number of nitrogens with zero attached hydrogens (tertiary/aromatic N) is 1. The van der Waals surface area contributed by atoms with Crippen molar-refractivity contribution in [1.82, 2.24) is 4.90 Å². The van der Waals surface area contributed by atoms with Gasteiger partial charge in [0.2, 0.25) is 5.91 Å². The first kappa shape index (κ1) is 17.2. The van der Waals surface area contributed by atoms with Crippen LogP contribution in [0.25, 0.3) is 0 Å². The summed E-state index contributed by atoms with van der Waals surface area (Å²) in [7, 11) is 3.38. The van der Waals surface area contributed by atoms with Crippen LogP contribution >= 0.6 is 11.6 Å². The highest BCUT2D eigenvalue weighted by Crippen LogP contribution is 2.17. The highest BCUT2D eigenvalue weighted by Gasteiger charge is 2.10. The Kier molecular flexibility index (Phi) is 6.29. The number of rotatable bonds is 7. The van der Waals surface area contributed by atoms with Gasteiger partial charge in [-0.05, 0) is 35.9 Å². The number of likely N-dealkylation sites (N-methyl/N-ethyl adjacent to an activating group) is 1. The summed E-state index contributed by atoms with van der Waals surface area (Å²) in [5.41, 5.74) is 0.928. The van der Waals surface area contributed by atoms with Gasteiger partial charge >= 0.3 is 0 Å². The number of carbonyl (C=O) groups is 1. The lowest BCUT2D eigenvalue weighted by molar-refractivity contribution is -0.129. The largest absolute Gasteiger partial charge is 0.497 e. The van der Waals surface area contributed by atoms with E-state index >= 15 is 0 Å². The van der Waals surface area contributed by atoms with Crippen LogP contribution in [0.15, 0.2) is 48.5 Å². The zero-order valence-electron chi connectivity index (χ0n) is 13.3. The number of halogens is 1. The summed E-state index contributed by atoms with van der Waals surface area (Å²) >= 11 is 5.90. The highest BCUT2D eigenvalue weighted by molar-refractivity contribution is 6.30. The van der Waals surface area contributed by atoms with E-state index in [1.54, 1.807) is 31.2 Å². The molecule has 0 atom stereocenters. The minimum Gasteiger partial charge on any atom is -0.497 e. The number of hydrogen-bond donors (Lipinski definition) is 0. The molecule has 4 nitrogen and oxygen atoms in total. The van der Waals surface area contributed by atoms with E-state index < -0.39 is 0 Å². The van der Waals surface area contributed by atoms with Crippen molar-refractivity contribution in [3.63, 3.8) is 0 Å². The van der Waals surface area contributed by atoms with Crippen LogP contribution in [-0.4, -0.2) is 38.1 Å². The van der Waals surface area contributed by atoms with E-state index in [0.717, 1.165) is 11.3 Å². The molecule has 5 heteroatoms. The van der Waals surface area contributed by atoms with Crippen LogP contribution in [0.1, 0.15) is 5.56 Å². The van der Waals surface area contributed by atoms with Crippen LogP contribution in [0.2, 0.25) is 5.02 Å². The second-order valence-corrected chi connectivity index (χ2v) is 5.59. The number of carbonyl (C=O) groups excluding carboxylic acids is 1. The number of amides is 1. The van der Waals surface area contributed by atoms with Gasteiger partial charge in [-0.25, -0.2) is 0 Å². The van der Waals surface area contributed by atoms with Gasteiger partial charge in [0.1, 0.15) is 18.1 Å². The maximum atomic E-state index is 12.2. The molecule has 23 heavy (non-hydrogen) atoms. The summed E-state index contributed by atoms with van der Waals surface area (Å²) < 4.78 is 10.8. The first-order chi connectivity index (χ1) is 11.1. The quantitative estimate of drug-likeness (QED) is 0.779. The molecule has 0 saturated carbocycles. The molecule has 0 fully saturated rings. The van der Waals surface area contributed by atoms with Gasteiger partial charge < -0.3 is 14.4 Å². The van der Waals surface area contributed by atoms with Gasteiger partial charge in [-0.3, -0.25) is 4.79 Å². The number of methoxy groups -OCH3 is 1. The minimum atomic E-state index is 0.0351. The van der Waals surface area contributed by atoms with Crippen molar-refractivity contribution in [3.05, 3.63) is 59.1 Å². The molecule has 2 rings (SSSR count). The zero-order valence-corrected chi connectivity index (χ0v) is 14.0. The molecular formula is C18H20ClNO3. The third-order valence-electron chi connectivity index (χ3n) is 3.41. The molecule has 0 bridgehead atoms. The monoisotopic (exact) mass is 333 g/mol. The summed E-state index contributed by atoms with van der Waals surface area (Å²) in [6.45, 7) is 0.927. The molecule has 122 valence electrons. The van der Waals surface area contributed by atoms with Gasteiger partial charge in [0.25, 0.3) is 0 Å². The van der Waals surface area contributed by atoms with Crippen molar-refractivity contribution in [3.8, 4) is 11.5 Å². The van der Waals surface area contributed by atoms with Crippen LogP contribution < -0.4 is 9.47 Å². The average molecular weight is 334 g/mol. The van der Waals surface area contributed by atoms with E-state index in [2.05, 4.69) is 0 Å². The van der Waals surface area contributed by atoms with Crippen molar-refractivity contribution in [2.45, 2.75) is 6.42 Å². The Morgan fingerprint density at radius 1 is 1.13 bits per heavy atom. The van der Waals surface area contributed by atoms with Crippen molar-refractivity contribution in [2.24, 2.45) is 0 Å². The fourth-order valence-electron chi connectivity index (χ4n) is 2.07. The van der Waals surface area contributed by atoms with Crippen LogP contribution in [0.5, 0.6) is 11.5 Å². The van der Waals surface area contributed by atoms with Gasteiger partial charge in [-0.1, -0.05) is 29.8 Å². The van der Waals surface area contributed by atoms with E-state index in [9.17, 15) is 4.79 Å². The minimum absolute atomic E-state index is 0.0351. The molecule has 0 aliphatic heterocycles. The molecule has 0 spiro atoms. The molecule has 1 amide bonds. The van der Waals surface area contributed by atoms with Gasteiger partial charge in [0, 0.05) is 12.1 Å². The first-order valence-electron chi connectivity index (χ1n) is 7.34. The van der Waals surface area contributed by atoms with Crippen LogP contribution in [0.3, 0.4) is 0 Å². The summed E-state index contributed by atoms with van der Waals surface area (Å²) in [5, 5.41) is 0.630. The first-order valence-corrected chi connectivity index (χ1v) is 7.71. The Morgan fingerprint density at radius 3 is 2.61 bits per heavy atom. The van der Waals surface area contributed by atoms with Crippen LogP contribution in [-0.2, 0) is 11.2 Å². The molecule has 0 radical (unpaired) electrons. The van der Waals surface area contributed by atoms with E-state index in [0.29, 0.717) is 30.3 Å². The molecule has 0 heterocycles. The second kappa shape index (κ2) is 8.44. The third kappa shape index (κ3) is 5.49. The molecule has 2 aromatic rings. The number of benzene rings is 2. The van der Waals surface area contributed by atoms with Gasteiger partial charge in [-0.2, -0.15) is 0 Å². The van der Waals surface area contributed by atoms with Gasteiger partial charge in [-0.15, -0.1) is 0 Å². The summed E-state index contributed by atoms with van der Waals surface area (Å²) in [6.07, 6.45) is 0.338. The van der Waals surface area contributed by atoms with Crippen molar-refractivity contribution in [2.75, 3.05) is 27.3 Å². The SMILES string of the molecule is COc1cccc(CC(=O)N(C)CCOc2cccc(Cl)c2)c1. The van der Waals surface area contributed by atoms with Gasteiger partial charge in [0.05, 0.1) is 20.1 Å². The van der Waals surface area contributed by atoms with Crippen molar-refractivity contribution >= 4 is 17.5 Å². The Labute approximate surface area is 141 Å². The molecule has 0 aliphatic carbocycles. The fourth-order valence-corrected chi connectivity index (χ4v) is 2.25. The molecule has 0 aliphatic rings. The Balaban J connectivity index is 1.80. The molecule has 0 unspecified atom stereocenters. The third-order valence-corrected chi connectivity index (χ3v) is 3.64. The number of hydrogen-bond acceptors (Lipinski definition) is 3. The maximum Gasteiger partial charge on any atom is 0.226 e. The topological polar surface area (TPSA) is 38.8 Å². The van der Waals surface area contributed by atoms with E-state index in [4.69, 9.17) is 21.1 Å². The second-order valence-electron chi connectivity index (χ2n) is 5.15. The molecule has 0 saturated heterocycles. The summed E-state index contributed by atoms with van der Waals surface area (Å²) in [6, 6.07) is 14.7. The van der Waals surface area contributed by atoms with Gasteiger partial charge in [0.15, 0.2) is 0 Å². The number of ether oxygens (including phenoxy) is 2.